The lowest BCUT2D eigenvalue weighted by Gasteiger charge is -2.32. The Kier molecular flexibility index (Phi) is 4.38. The van der Waals surface area contributed by atoms with Crippen molar-refractivity contribution >= 4 is 11.8 Å². The van der Waals surface area contributed by atoms with E-state index in [1.54, 1.807) is 13.0 Å². The number of rotatable bonds is 3. The number of halogens is 1. The second-order valence-electron chi connectivity index (χ2n) is 5.82. The fourth-order valence-corrected chi connectivity index (χ4v) is 2.91. The first-order valence-electron chi connectivity index (χ1n) is 7.72. The third-order valence-corrected chi connectivity index (χ3v) is 4.18. The highest BCUT2D eigenvalue weighted by atomic mass is 19.1. The number of nitrogen functional groups attached to an aromatic ring is 1. The van der Waals surface area contributed by atoms with Gasteiger partial charge in [0.1, 0.15) is 5.82 Å². The fourth-order valence-electron chi connectivity index (χ4n) is 2.91. The number of aliphatic hydroxyl groups excluding tert-OH is 1. The van der Waals surface area contributed by atoms with Gasteiger partial charge in [0.2, 0.25) is 5.95 Å². The third kappa shape index (κ3) is 3.39. The average molecular weight is 317 g/mol. The first-order chi connectivity index (χ1) is 11.0. The fraction of sp³-hybridized carbons (Fsp3) is 0.438. The lowest BCUT2D eigenvalue weighted by Crippen LogP contribution is -2.34. The lowest BCUT2D eigenvalue weighted by molar-refractivity contribution is 0.194. The summed E-state index contributed by atoms with van der Waals surface area (Å²) in [6, 6.07) is 5.62. The van der Waals surface area contributed by atoms with Gasteiger partial charge in [-0.05, 0) is 31.9 Å². The maximum absolute atomic E-state index is 13.9. The van der Waals surface area contributed by atoms with Crippen LogP contribution >= 0.6 is 0 Å². The van der Waals surface area contributed by atoms with Gasteiger partial charge in [0, 0.05) is 19.0 Å². The molecule has 23 heavy (non-hydrogen) atoms. The zero-order valence-electron chi connectivity index (χ0n) is 13.0. The van der Waals surface area contributed by atoms with Crippen molar-refractivity contribution in [2.75, 3.05) is 23.7 Å². The van der Waals surface area contributed by atoms with Gasteiger partial charge < -0.3 is 15.7 Å². The molecule has 2 aromatic rings. The number of anilines is 2. The molecule has 1 aliphatic rings. The number of pyridine rings is 1. The second kappa shape index (κ2) is 6.45. The molecule has 3 N–H and O–H groups in total. The standard InChI is InChI=1S/C16H20FN5O/c1-10(23)13-3-2-4-14(20-13)22-7-5-11(6-8-22)15-12(17)9-19-16(18)21-15/h2-4,9-11,23H,5-8H2,1H3,(H2,18,19,21)/t10-/m1/s1. The minimum Gasteiger partial charge on any atom is -0.387 e. The average Bonchev–Trinajstić information content (AvgIpc) is 2.57. The van der Waals surface area contributed by atoms with E-state index in [0.717, 1.165) is 37.9 Å². The highest BCUT2D eigenvalue weighted by Gasteiger charge is 2.25. The Balaban J connectivity index is 1.71. The molecule has 0 radical (unpaired) electrons. The van der Waals surface area contributed by atoms with Crippen LogP contribution in [0, 0.1) is 5.82 Å². The molecule has 0 spiro atoms. The van der Waals surface area contributed by atoms with Crippen LogP contribution in [0.3, 0.4) is 0 Å². The number of aromatic nitrogens is 3. The largest absolute Gasteiger partial charge is 0.387 e. The van der Waals surface area contributed by atoms with Gasteiger partial charge in [0.25, 0.3) is 0 Å². The number of nitrogens with zero attached hydrogens (tertiary/aromatic N) is 4. The van der Waals surface area contributed by atoms with Crippen LogP contribution in [0.2, 0.25) is 0 Å². The first kappa shape index (κ1) is 15.6. The number of aliphatic hydroxyl groups is 1. The minimum absolute atomic E-state index is 0.0384. The molecule has 1 aliphatic heterocycles. The quantitative estimate of drug-likeness (QED) is 0.900. The molecular weight excluding hydrogens is 297 g/mol. The molecule has 0 aromatic carbocycles. The van der Waals surface area contributed by atoms with Gasteiger partial charge in [-0.25, -0.2) is 19.3 Å². The van der Waals surface area contributed by atoms with Crippen molar-refractivity contribution in [1.82, 2.24) is 15.0 Å². The van der Waals surface area contributed by atoms with Crippen molar-refractivity contribution in [2.24, 2.45) is 0 Å². The van der Waals surface area contributed by atoms with Crippen molar-refractivity contribution in [3.63, 3.8) is 0 Å². The monoisotopic (exact) mass is 317 g/mol. The molecule has 6 nitrogen and oxygen atoms in total. The molecule has 0 saturated carbocycles. The van der Waals surface area contributed by atoms with Crippen molar-refractivity contribution in [3.05, 3.63) is 41.6 Å². The molecule has 1 fully saturated rings. The van der Waals surface area contributed by atoms with Crippen LogP contribution in [0.15, 0.2) is 24.4 Å². The zero-order valence-corrected chi connectivity index (χ0v) is 13.0. The van der Waals surface area contributed by atoms with Crippen LogP contribution in [0.1, 0.15) is 43.2 Å². The third-order valence-electron chi connectivity index (χ3n) is 4.18. The smallest absolute Gasteiger partial charge is 0.220 e. The molecule has 0 aliphatic carbocycles. The van der Waals surface area contributed by atoms with Gasteiger partial charge in [-0.3, -0.25) is 0 Å². The highest BCUT2D eigenvalue weighted by Crippen LogP contribution is 2.30. The zero-order chi connectivity index (χ0) is 16.4. The summed E-state index contributed by atoms with van der Waals surface area (Å²) in [5.74, 6) is 0.586. The Morgan fingerprint density at radius 2 is 2.04 bits per heavy atom. The molecule has 0 unspecified atom stereocenters. The van der Waals surface area contributed by atoms with Gasteiger partial charge >= 0.3 is 0 Å². The Bertz CT molecular complexity index is 686. The van der Waals surface area contributed by atoms with E-state index in [4.69, 9.17) is 5.73 Å². The van der Waals surface area contributed by atoms with Crippen LogP contribution in [-0.2, 0) is 0 Å². The molecule has 0 amide bonds. The number of hydrogen-bond acceptors (Lipinski definition) is 6. The Labute approximate surface area is 134 Å². The van der Waals surface area contributed by atoms with E-state index in [1.165, 1.54) is 0 Å². The van der Waals surface area contributed by atoms with Crippen molar-refractivity contribution < 1.29 is 9.50 Å². The van der Waals surface area contributed by atoms with E-state index < -0.39 is 11.9 Å². The summed E-state index contributed by atoms with van der Waals surface area (Å²) in [4.78, 5) is 14.4. The summed E-state index contributed by atoms with van der Waals surface area (Å²) < 4.78 is 13.9. The summed E-state index contributed by atoms with van der Waals surface area (Å²) >= 11 is 0. The van der Waals surface area contributed by atoms with E-state index in [1.807, 2.05) is 12.1 Å². The van der Waals surface area contributed by atoms with E-state index in [9.17, 15) is 9.50 Å². The molecule has 0 bridgehead atoms. The Morgan fingerprint density at radius 3 is 2.74 bits per heavy atom. The molecular formula is C16H20FN5O. The summed E-state index contributed by atoms with van der Waals surface area (Å²) in [6.45, 7) is 3.20. The molecule has 1 atom stereocenters. The summed E-state index contributed by atoms with van der Waals surface area (Å²) in [7, 11) is 0. The lowest BCUT2D eigenvalue weighted by atomic mass is 9.93. The second-order valence-corrected chi connectivity index (χ2v) is 5.82. The topological polar surface area (TPSA) is 88.2 Å². The summed E-state index contributed by atoms with van der Waals surface area (Å²) in [5.41, 5.74) is 6.62. The van der Waals surface area contributed by atoms with Crippen LogP contribution in [0.5, 0.6) is 0 Å². The summed E-state index contributed by atoms with van der Waals surface area (Å²) in [6.07, 6.45) is 2.09. The van der Waals surface area contributed by atoms with Crippen molar-refractivity contribution in [1.29, 1.82) is 0 Å². The van der Waals surface area contributed by atoms with E-state index in [2.05, 4.69) is 19.9 Å². The maximum atomic E-state index is 13.9. The first-order valence-corrected chi connectivity index (χ1v) is 7.72. The van der Waals surface area contributed by atoms with Crippen molar-refractivity contribution in [2.45, 2.75) is 31.8 Å². The molecule has 3 heterocycles. The van der Waals surface area contributed by atoms with E-state index in [-0.39, 0.29) is 11.9 Å². The van der Waals surface area contributed by atoms with Gasteiger partial charge in [-0.1, -0.05) is 6.07 Å². The molecule has 122 valence electrons. The van der Waals surface area contributed by atoms with E-state index >= 15 is 0 Å². The van der Waals surface area contributed by atoms with Gasteiger partial charge in [-0.15, -0.1) is 0 Å². The molecule has 7 heteroatoms. The maximum Gasteiger partial charge on any atom is 0.220 e. The Morgan fingerprint density at radius 1 is 1.30 bits per heavy atom. The highest BCUT2D eigenvalue weighted by molar-refractivity contribution is 5.40. The number of hydrogen-bond donors (Lipinski definition) is 2. The van der Waals surface area contributed by atoms with Crippen LogP contribution in [0.25, 0.3) is 0 Å². The predicted molar refractivity (Wildman–Crippen MR) is 85.5 cm³/mol. The van der Waals surface area contributed by atoms with Gasteiger partial charge in [-0.2, -0.15) is 0 Å². The normalized spacial score (nSPS) is 17.3. The SMILES string of the molecule is C[C@@H](O)c1cccc(N2CCC(c3nc(N)ncc3F)CC2)n1. The van der Waals surface area contributed by atoms with Gasteiger partial charge in [0.15, 0.2) is 5.82 Å². The van der Waals surface area contributed by atoms with Gasteiger partial charge in [0.05, 0.1) is 23.7 Å². The minimum atomic E-state index is -0.592. The predicted octanol–water partition coefficient (Wildman–Crippen LogP) is 2.03. The van der Waals surface area contributed by atoms with Crippen LogP contribution < -0.4 is 10.6 Å². The van der Waals surface area contributed by atoms with Crippen molar-refractivity contribution in [3.8, 4) is 0 Å². The molecule has 2 aromatic heterocycles. The molecule has 3 rings (SSSR count). The van der Waals surface area contributed by atoms with E-state index in [0.29, 0.717) is 11.4 Å². The van der Waals surface area contributed by atoms with Crippen LogP contribution in [0.4, 0.5) is 16.2 Å². The Hall–Kier alpha value is -2.28. The number of piperidine rings is 1. The summed E-state index contributed by atoms with van der Waals surface area (Å²) in [5, 5.41) is 9.65. The molecule has 1 saturated heterocycles. The van der Waals surface area contributed by atoms with Crippen LogP contribution in [-0.4, -0.2) is 33.1 Å². The number of nitrogens with two attached hydrogens (primary N) is 1.